The summed E-state index contributed by atoms with van der Waals surface area (Å²) in [5.41, 5.74) is 0. The van der Waals surface area contributed by atoms with E-state index in [1.54, 1.807) is 0 Å². The molecule has 0 aromatic carbocycles. The molecule has 0 saturated carbocycles. The van der Waals surface area contributed by atoms with Crippen molar-refractivity contribution < 1.29 is 64.6 Å². The molecule has 9 N–H and O–H groups in total. The predicted octanol–water partition coefficient (Wildman–Crippen LogP) is 18.4. The van der Waals surface area contributed by atoms with Crippen LogP contribution in [-0.2, 0) is 23.7 Å². The topological polar surface area (TPSA) is 228 Å². The van der Waals surface area contributed by atoms with E-state index in [2.05, 4.69) is 165 Å². The van der Waals surface area contributed by atoms with Gasteiger partial charge in [0.05, 0.1) is 32.0 Å². The van der Waals surface area contributed by atoms with Gasteiger partial charge in [0, 0.05) is 6.42 Å². The number of unbranched alkanes of at least 4 members (excludes halogenated alkanes) is 28. The third-order valence-corrected chi connectivity index (χ3v) is 18.6. The van der Waals surface area contributed by atoms with Crippen LogP contribution in [-0.4, -0.2) is 140 Å². The number of nitrogens with one attached hydrogen (secondary N) is 1. The van der Waals surface area contributed by atoms with Gasteiger partial charge in [0.2, 0.25) is 5.91 Å². The lowest BCUT2D eigenvalue weighted by Crippen LogP contribution is -2.65. The van der Waals surface area contributed by atoms with Crippen LogP contribution < -0.4 is 5.32 Å². The van der Waals surface area contributed by atoms with Crippen molar-refractivity contribution in [3.05, 3.63) is 146 Å². The lowest BCUT2D eigenvalue weighted by atomic mass is 9.97. The fourth-order valence-corrected chi connectivity index (χ4v) is 12.3. The smallest absolute Gasteiger partial charge is 0.220 e. The second-order valence-electron chi connectivity index (χ2n) is 27.5. The van der Waals surface area contributed by atoms with Crippen LogP contribution in [0.4, 0.5) is 0 Å². The first-order chi connectivity index (χ1) is 49.1. The number of carbonyl (C=O) groups excluding carboxylic acids is 1. The molecule has 0 spiro atoms. The van der Waals surface area contributed by atoms with Gasteiger partial charge >= 0.3 is 0 Å². The maximum atomic E-state index is 13.4. The molecule has 572 valence electrons. The maximum absolute atomic E-state index is 13.4. The number of carbonyl (C=O) groups is 1. The molecule has 12 unspecified atom stereocenters. The minimum Gasteiger partial charge on any atom is -0.394 e. The number of aliphatic hydroxyl groups is 8. The Bertz CT molecular complexity index is 2250. The standard InChI is InChI=1S/C86H145NO13/c1-3-5-7-9-11-13-15-17-19-21-23-25-27-29-30-31-32-33-34-35-36-37-38-39-40-41-42-43-44-46-48-50-52-54-56-58-60-62-64-66-68-70-78(91)87-74(73-97-85-83(96)81(94)84(77(72-89)99-85)100-86-82(95)80(93)79(92)76(71-88)98-86)75(90)69-67-65-63-61-59-57-55-53-51-49-47-45-28-26-24-22-20-18-16-14-12-10-8-6-4-2/h5,7,11,13,17,19,23,25,29-30,32-33,35-36,38-39,41-42,44,46,50,52,56,58,74-77,79-86,88-90,92-96H,3-4,6,8-10,12,14-16,18,20-22,24,26-28,31,34,37,40,43,45,47-49,51,53-55,57,59-73H2,1-2H3,(H,87,91)/b7-5-,13-11-,19-17-,25-23-,30-29-,33-32-,36-35-,39-38-,42-41-,46-44-,52-50-,58-56-. The normalized spacial score (nSPS) is 22.7. The van der Waals surface area contributed by atoms with E-state index in [0.717, 1.165) is 128 Å². The largest absolute Gasteiger partial charge is 0.394 e. The van der Waals surface area contributed by atoms with Gasteiger partial charge < -0.3 is 65.1 Å². The number of ether oxygens (including phenoxy) is 4. The summed E-state index contributed by atoms with van der Waals surface area (Å²) in [5.74, 6) is -0.233. The Morgan fingerprint density at radius 3 is 1.06 bits per heavy atom. The summed E-state index contributed by atoms with van der Waals surface area (Å²) in [4.78, 5) is 13.4. The predicted molar refractivity (Wildman–Crippen MR) is 414 cm³/mol. The summed E-state index contributed by atoms with van der Waals surface area (Å²) in [5, 5.41) is 87.8. The summed E-state index contributed by atoms with van der Waals surface area (Å²) in [6.45, 7) is 2.75. The molecule has 2 fully saturated rings. The van der Waals surface area contributed by atoms with Crippen molar-refractivity contribution in [1.29, 1.82) is 0 Å². The molecule has 0 aromatic rings. The zero-order valence-corrected chi connectivity index (χ0v) is 62.6. The van der Waals surface area contributed by atoms with Crippen molar-refractivity contribution >= 4 is 5.91 Å². The molecule has 2 aliphatic heterocycles. The van der Waals surface area contributed by atoms with E-state index in [-0.39, 0.29) is 18.9 Å². The van der Waals surface area contributed by atoms with Crippen LogP contribution >= 0.6 is 0 Å². The van der Waals surface area contributed by atoms with E-state index in [9.17, 15) is 45.6 Å². The average Bonchev–Trinajstić information content (AvgIpc) is 0.791. The second kappa shape index (κ2) is 68.0. The van der Waals surface area contributed by atoms with Crippen LogP contribution in [0, 0.1) is 0 Å². The van der Waals surface area contributed by atoms with E-state index in [1.165, 1.54) is 135 Å². The van der Waals surface area contributed by atoms with Crippen LogP contribution in [0.3, 0.4) is 0 Å². The molecule has 2 rings (SSSR count). The van der Waals surface area contributed by atoms with Gasteiger partial charge in [-0.3, -0.25) is 4.79 Å². The van der Waals surface area contributed by atoms with Gasteiger partial charge in [0.25, 0.3) is 0 Å². The van der Waals surface area contributed by atoms with Crippen molar-refractivity contribution in [2.24, 2.45) is 0 Å². The van der Waals surface area contributed by atoms with Gasteiger partial charge in [0.1, 0.15) is 48.8 Å². The monoisotopic (exact) mass is 1400 g/mol. The van der Waals surface area contributed by atoms with Gasteiger partial charge in [-0.25, -0.2) is 0 Å². The minimum atomic E-state index is -1.79. The fourth-order valence-electron chi connectivity index (χ4n) is 12.3. The molecule has 0 bridgehead atoms. The molecule has 1 amide bonds. The number of hydrogen-bond acceptors (Lipinski definition) is 13. The molecule has 2 aliphatic rings. The zero-order chi connectivity index (χ0) is 72.2. The highest BCUT2D eigenvalue weighted by Gasteiger charge is 2.51. The van der Waals surface area contributed by atoms with Crippen LogP contribution in [0.2, 0.25) is 0 Å². The van der Waals surface area contributed by atoms with Crippen molar-refractivity contribution in [2.75, 3.05) is 19.8 Å². The summed E-state index contributed by atoms with van der Waals surface area (Å²) in [6, 6.07) is -0.855. The Morgan fingerprint density at radius 2 is 0.690 bits per heavy atom. The van der Waals surface area contributed by atoms with Crippen LogP contribution in [0.1, 0.15) is 296 Å². The molecule has 2 heterocycles. The van der Waals surface area contributed by atoms with Crippen molar-refractivity contribution in [2.45, 2.75) is 370 Å². The van der Waals surface area contributed by atoms with E-state index < -0.39 is 86.8 Å². The first-order valence-electron chi connectivity index (χ1n) is 40.1. The van der Waals surface area contributed by atoms with Crippen LogP contribution in [0.5, 0.6) is 0 Å². The number of amides is 1. The lowest BCUT2D eigenvalue weighted by Gasteiger charge is -2.46. The van der Waals surface area contributed by atoms with Crippen molar-refractivity contribution in [3.8, 4) is 0 Å². The molecule has 14 nitrogen and oxygen atoms in total. The van der Waals surface area contributed by atoms with Crippen molar-refractivity contribution in [1.82, 2.24) is 5.32 Å². The highest BCUT2D eigenvalue weighted by atomic mass is 16.7. The number of rotatable bonds is 65. The third kappa shape index (κ3) is 50.3. The zero-order valence-electron chi connectivity index (χ0n) is 62.6. The number of aliphatic hydroxyl groups excluding tert-OH is 8. The quantitative estimate of drug-likeness (QED) is 0.0204. The maximum Gasteiger partial charge on any atom is 0.220 e. The Labute approximate surface area is 608 Å². The molecule has 12 atom stereocenters. The molecule has 14 heteroatoms. The van der Waals surface area contributed by atoms with E-state index in [0.29, 0.717) is 12.8 Å². The summed E-state index contributed by atoms with van der Waals surface area (Å²) >= 11 is 0. The molecule has 0 aromatic heterocycles. The molecule has 2 saturated heterocycles. The molecule has 0 radical (unpaired) electrons. The summed E-state index contributed by atoms with van der Waals surface area (Å²) in [6.07, 6.45) is 85.8. The molecule has 100 heavy (non-hydrogen) atoms. The second-order valence-corrected chi connectivity index (χ2v) is 27.5. The number of hydrogen-bond donors (Lipinski definition) is 9. The summed E-state index contributed by atoms with van der Waals surface area (Å²) in [7, 11) is 0. The van der Waals surface area contributed by atoms with Gasteiger partial charge in [-0.1, -0.05) is 333 Å². The number of allylic oxidation sites excluding steroid dienone is 24. The Balaban J connectivity index is 1.64. The first-order valence-corrected chi connectivity index (χ1v) is 40.1. The highest BCUT2D eigenvalue weighted by Crippen LogP contribution is 2.30. The Kier molecular flexibility index (Phi) is 62.5. The van der Waals surface area contributed by atoms with E-state index in [1.807, 2.05) is 0 Å². The minimum absolute atomic E-state index is 0.233. The van der Waals surface area contributed by atoms with Gasteiger partial charge in [-0.2, -0.15) is 0 Å². The van der Waals surface area contributed by atoms with Gasteiger partial charge in [-0.15, -0.1) is 0 Å². The highest BCUT2D eigenvalue weighted by molar-refractivity contribution is 5.76. The lowest BCUT2D eigenvalue weighted by molar-refractivity contribution is -0.359. The summed E-state index contributed by atoms with van der Waals surface area (Å²) < 4.78 is 22.9. The SMILES string of the molecule is CC/C=C\C/C=C\C/C=C\C/C=C\C/C=C\C/C=C\C/C=C\C/C=C\C/C=C\C/C=C\C/C=C\C/C=C\CCCCCCC(=O)NC(COC1OC(CO)C(OC2OC(CO)C(O)C(O)C2O)C(O)C1O)C(O)CCCCCCCCCCCCCCCCCCCCCCCCCCC. The molecule has 0 aliphatic carbocycles. The van der Waals surface area contributed by atoms with E-state index in [4.69, 9.17) is 18.9 Å². The average molecular weight is 1400 g/mol. The van der Waals surface area contributed by atoms with Crippen LogP contribution in [0.15, 0.2) is 146 Å². The Hall–Kier alpha value is -4.13. The van der Waals surface area contributed by atoms with Crippen LogP contribution in [0.25, 0.3) is 0 Å². The van der Waals surface area contributed by atoms with Crippen molar-refractivity contribution in [3.63, 3.8) is 0 Å². The third-order valence-electron chi connectivity index (χ3n) is 18.6. The molecular weight excluding hydrogens is 1250 g/mol. The first kappa shape index (κ1) is 92.0. The molecular formula is C86H145NO13. The van der Waals surface area contributed by atoms with E-state index >= 15 is 0 Å². The van der Waals surface area contributed by atoms with Gasteiger partial charge in [-0.05, 0) is 103 Å². The van der Waals surface area contributed by atoms with Gasteiger partial charge in [0.15, 0.2) is 12.6 Å². The fraction of sp³-hybridized carbons (Fsp3) is 0.709. The Morgan fingerprint density at radius 1 is 0.370 bits per heavy atom.